The van der Waals surface area contributed by atoms with Crippen LogP contribution in [-0.2, 0) is 6.54 Å². The van der Waals surface area contributed by atoms with Crippen molar-refractivity contribution in [2.75, 3.05) is 72.2 Å². The van der Waals surface area contributed by atoms with Crippen LogP contribution in [0.4, 0.5) is 0 Å². The molecule has 3 aliphatic rings. The summed E-state index contributed by atoms with van der Waals surface area (Å²) in [6.45, 7) is 13.7. The number of aliphatic hydroxyl groups is 1. The molecule has 27 heavy (non-hydrogen) atoms. The molecule has 1 N–H and O–H groups in total. The van der Waals surface area contributed by atoms with E-state index in [-0.39, 0.29) is 6.61 Å². The number of likely N-dealkylation sites (N-methyl/N-ethyl adjacent to an activating group) is 1. The van der Waals surface area contributed by atoms with Gasteiger partial charge >= 0.3 is 0 Å². The van der Waals surface area contributed by atoms with E-state index in [4.69, 9.17) is 9.47 Å². The van der Waals surface area contributed by atoms with Crippen molar-refractivity contribution < 1.29 is 14.6 Å². The van der Waals surface area contributed by atoms with Crippen LogP contribution in [-0.4, -0.2) is 92.0 Å². The number of likely N-dealkylation sites (tertiary alicyclic amines) is 1. The fourth-order valence-electron chi connectivity index (χ4n) is 4.64. The molecular weight excluding hydrogens is 342 g/mol. The van der Waals surface area contributed by atoms with Crippen LogP contribution in [0.3, 0.4) is 0 Å². The van der Waals surface area contributed by atoms with Gasteiger partial charge in [0.25, 0.3) is 0 Å². The van der Waals surface area contributed by atoms with Crippen molar-refractivity contribution in [1.82, 2.24) is 14.7 Å². The minimum Gasteiger partial charge on any atom is -0.486 e. The summed E-state index contributed by atoms with van der Waals surface area (Å²) < 4.78 is 11.3. The number of rotatable bonds is 6. The zero-order valence-electron chi connectivity index (χ0n) is 16.5. The Bertz CT molecular complexity index is 619. The number of piperazine rings is 1. The third-order valence-corrected chi connectivity index (χ3v) is 6.30. The largest absolute Gasteiger partial charge is 0.486 e. The van der Waals surface area contributed by atoms with Crippen molar-refractivity contribution in [3.05, 3.63) is 23.8 Å². The minimum absolute atomic E-state index is 0.289. The summed E-state index contributed by atoms with van der Waals surface area (Å²) in [5.74, 6) is 2.65. The predicted molar refractivity (Wildman–Crippen MR) is 105 cm³/mol. The van der Waals surface area contributed by atoms with E-state index in [2.05, 4.69) is 33.8 Å². The molecule has 0 saturated carbocycles. The van der Waals surface area contributed by atoms with E-state index in [1.165, 1.54) is 18.7 Å². The SMILES string of the molecule is CCN1CCN(C[C@@H]2CN(Cc3ccc4c(c3)OCCO4)C[C@@H]2CO)CC1. The average molecular weight is 376 g/mol. The van der Waals surface area contributed by atoms with Crippen LogP contribution in [0.1, 0.15) is 12.5 Å². The van der Waals surface area contributed by atoms with E-state index in [0.29, 0.717) is 25.0 Å². The summed E-state index contributed by atoms with van der Waals surface area (Å²) in [7, 11) is 0. The number of fused-ring (bicyclic) bond motifs is 1. The van der Waals surface area contributed by atoms with Crippen LogP contribution in [0.15, 0.2) is 18.2 Å². The predicted octanol–water partition coefficient (Wildman–Crippen LogP) is 1.14. The molecule has 0 bridgehead atoms. The molecule has 1 aromatic carbocycles. The number of hydrogen-bond donors (Lipinski definition) is 1. The van der Waals surface area contributed by atoms with Crippen LogP contribution < -0.4 is 9.47 Å². The Labute approximate surface area is 162 Å². The molecule has 0 aromatic heterocycles. The fourth-order valence-corrected chi connectivity index (χ4v) is 4.64. The van der Waals surface area contributed by atoms with Gasteiger partial charge in [0.15, 0.2) is 11.5 Å². The Kier molecular flexibility index (Phi) is 6.18. The summed E-state index contributed by atoms with van der Waals surface area (Å²) in [4.78, 5) is 7.59. The third-order valence-electron chi connectivity index (χ3n) is 6.30. The van der Waals surface area contributed by atoms with Gasteiger partial charge in [-0.1, -0.05) is 13.0 Å². The van der Waals surface area contributed by atoms with Crippen molar-refractivity contribution in [1.29, 1.82) is 0 Å². The molecule has 2 fully saturated rings. The fraction of sp³-hybridized carbons (Fsp3) is 0.714. The number of hydrogen-bond acceptors (Lipinski definition) is 6. The van der Waals surface area contributed by atoms with E-state index in [1.807, 2.05) is 6.07 Å². The van der Waals surface area contributed by atoms with Crippen LogP contribution in [0.25, 0.3) is 0 Å². The lowest BCUT2D eigenvalue weighted by atomic mass is 9.96. The van der Waals surface area contributed by atoms with Crippen LogP contribution >= 0.6 is 0 Å². The third kappa shape index (κ3) is 4.57. The Balaban J connectivity index is 1.32. The molecule has 2 atom stereocenters. The Morgan fingerprint density at radius 3 is 2.37 bits per heavy atom. The Morgan fingerprint density at radius 1 is 0.926 bits per heavy atom. The lowest BCUT2D eigenvalue weighted by Gasteiger charge is -2.36. The Morgan fingerprint density at radius 2 is 1.63 bits per heavy atom. The van der Waals surface area contributed by atoms with Crippen LogP contribution in [0.2, 0.25) is 0 Å². The van der Waals surface area contributed by atoms with Crippen molar-refractivity contribution in [3.8, 4) is 11.5 Å². The second kappa shape index (κ2) is 8.78. The van der Waals surface area contributed by atoms with Gasteiger partial charge in [0.05, 0.1) is 0 Å². The first-order valence-corrected chi connectivity index (χ1v) is 10.4. The normalized spacial score (nSPS) is 27.2. The second-order valence-corrected chi connectivity index (χ2v) is 8.11. The summed E-state index contributed by atoms with van der Waals surface area (Å²) in [5.41, 5.74) is 1.26. The molecule has 2 saturated heterocycles. The van der Waals surface area contributed by atoms with Gasteiger partial charge in [0, 0.05) is 59.0 Å². The van der Waals surface area contributed by atoms with Gasteiger partial charge in [-0.2, -0.15) is 0 Å². The van der Waals surface area contributed by atoms with Gasteiger partial charge in [-0.05, 0) is 36.1 Å². The molecule has 4 rings (SSSR count). The highest BCUT2D eigenvalue weighted by Crippen LogP contribution is 2.32. The molecule has 0 spiro atoms. The van der Waals surface area contributed by atoms with E-state index in [1.54, 1.807) is 0 Å². The zero-order valence-corrected chi connectivity index (χ0v) is 16.5. The lowest BCUT2D eigenvalue weighted by Crippen LogP contribution is -2.48. The maximum absolute atomic E-state index is 9.90. The van der Waals surface area contributed by atoms with Crippen LogP contribution in [0, 0.1) is 11.8 Å². The number of ether oxygens (including phenoxy) is 2. The first kappa shape index (κ1) is 19.0. The maximum Gasteiger partial charge on any atom is 0.161 e. The summed E-state index contributed by atoms with van der Waals surface area (Å²) >= 11 is 0. The number of benzene rings is 1. The minimum atomic E-state index is 0.289. The molecule has 3 heterocycles. The monoisotopic (exact) mass is 375 g/mol. The van der Waals surface area contributed by atoms with Gasteiger partial charge in [0.1, 0.15) is 13.2 Å². The van der Waals surface area contributed by atoms with Gasteiger partial charge in [0.2, 0.25) is 0 Å². The topological polar surface area (TPSA) is 48.4 Å². The van der Waals surface area contributed by atoms with Crippen molar-refractivity contribution in [3.63, 3.8) is 0 Å². The van der Waals surface area contributed by atoms with E-state index >= 15 is 0 Å². The molecule has 3 aliphatic heterocycles. The summed E-state index contributed by atoms with van der Waals surface area (Å²) in [6.07, 6.45) is 0. The highest BCUT2D eigenvalue weighted by molar-refractivity contribution is 5.43. The summed E-state index contributed by atoms with van der Waals surface area (Å²) in [6, 6.07) is 6.27. The molecular formula is C21H33N3O3. The number of nitrogens with zero attached hydrogens (tertiary/aromatic N) is 3. The molecule has 1 aromatic rings. The van der Waals surface area contributed by atoms with E-state index in [0.717, 1.165) is 57.3 Å². The van der Waals surface area contributed by atoms with E-state index in [9.17, 15) is 5.11 Å². The zero-order chi connectivity index (χ0) is 18.6. The molecule has 0 aliphatic carbocycles. The van der Waals surface area contributed by atoms with Gasteiger partial charge in [-0.25, -0.2) is 0 Å². The lowest BCUT2D eigenvalue weighted by molar-refractivity contribution is 0.106. The van der Waals surface area contributed by atoms with Gasteiger partial charge in [-0.3, -0.25) is 4.90 Å². The molecule has 0 unspecified atom stereocenters. The quantitative estimate of drug-likeness (QED) is 0.805. The first-order valence-electron chi connectivity index (χ1n) is 10.4. The standard InChI is InChI=1S/C21H33N3O3/c1-2-22-5-7-23(8-6-22)13-18-14-24(15-19(18)16-25)12-17-3-4-20-21(11-17)27-10-9-26-20/h3-4,11,18-19,25H,2,5-10,12-16H2,1H3/t18-,19-/m1/s1. The second-order valence-electron chi connectivity index (χ2n) is 8.11. The molecule has 150 valence electrons. The van der Waals surface area contributed by atoms with Crippen LogP contribution in [0.5, 0.6) is 11.5 Å². The molecule has 6 heteroatoms. The highest BCUT2D eigenvalue weighted by Gasteiger charge is 2.34. The Hall–Kier alpha value is -1.34. The average Bonchev–Trinajstić information content (AvgIpc) is 3.09. The van der Waals surface area contributed by atoms with Crippen molar-refractivity contribution in [2.45, 2.75) is 13.5 Å². The van der Waals surface area contributed by atoms with E-state index < -0.39 is 0 Å². The van der Waals surface area contributed by atoms with Gasteiger partial charge < -0.3 is 24.4 Å². The van der Waals surface area contributed by atoms with Crippen molar-refractivity contribution >= 4 is 0 Å². The molecule has 6 nitrogen and oxygen atoms in total. The maximum atomic E-state index is 9.90. The molecule has 0 radical (unpaired) electrons. The summed E-state index contributed by atoms with van der Waals surface area (Å²) in [5, 5.41) is 9.90. The smallest absolute Gasteiger partial charge is 0.161 e. The first-order chi connectivity index (χ1) is 13.2. The van der Waals surface area contributed by atoms with Crippen molar-refractivity contribution in [2.24, 2.45) is 11.8 Å². The number of aliphatic hydroxyl groups excluding tert-OH is 1. The molecule has 0 amide bonds. The highest BCUT2D eigenvalue weighted by atomic mass is 16.6. The van der Waals surface area contributed by atoms with Gasteiger partial charge in [-0.15, -0.1) is 0 Å².